The second kappa shape index (κ2) is 23.2. The standard InChI is InChI=1S/C6H13N.2ClH.H3N.2H2O.Pt/c7-6-4-2-1-3-5-6;;;;;;/h6H,1-5,7H2;2*1H;1H3;2*1H2;/p-4. The van der Waals surface area contributed by atoms with Crippen LogP contribution < -0.4 is 36.7 Å². The second-order valence-electron chi connectivity index (χ2n) is 2.40. The predicted molar refractivity (Wildman–Crippen MR) is 40.0 cm³/mol. The van der Waals surface area contributed by atoms with Crippen molar-refractivity contribution in [1.82, 2.24) is 6.15 Å². The van der Waals surface area contributed by atoms with Gasteiger partial charge in [0.25, 0.3) is 0 Å². The van der Waals surface area contributed by atoms with E-state index < -0.39 is 0 Å². The van der Waals surface area contributed by atoms with E-state index in [1.165, 1.54) is 32.1 Å². The van der Waals surface area contributed by atoms with Crippen molar-refractivity contribution in [3.8, 4) is 0 Å². The van der Waals surface area contributed by atoms with Crippen molar-refractivity contribution in [1.29, 1.82) is 0 Å². The molecule has 0 atom stereocenters. The third-order valence-corrected chi connectivity index (χ3v) is 1.65. The maximum atomic E-state index is 5.63. The minimum absolute atomic E-state index is 0. The van der Waals surface area contributed by atoms with Crippen LogP contribution in [0.3, 0.4) is 0 Å². The monoisotopic (exact) mass is 415 g/mol. The van der Waals surface area contributed by atoms with Gasteiger partial charge < -0.3 is 47.7 Å². The Morgan fingerprint density at radius 2 is 1.15 bits per heavy atom. The summed E-state index contributed by atoms with van der Waals surface area (Å²) in [6.45, 7) is 0. The molecule has 13 heavy (non-hydrogen) atoms. The Morgan fingerprint density at radius 1 is 0.846 bits per heavy atom. The van der Waals surface area contributed by atoms with Crippen molar-refractivity contribution in [3.63, 3.8) is 0 Å². The number of rotatable bonds is 0. The van der Waals surface area contributed by atoms with Gasteiger partial charge in [-0.25, -0.2) is 0 Å². The number of hydrogen-bond acceptors (Lipinski definition) is 4. The zero-order valence-electron chi connectivity index (χ0n) is 7.36. The maximum absolute atomic E-state index is 5.63. The van der Waals surface area contributed by atoms with Crippen LogP contribution in [0, 0.1) is 0 Å². The molecule has 0 aliphatic heterocycles. The molecule has 7 N–H and O–H groups in total. The smallest absolute Gasteiger partial charge is 0.00388 e. The maximum Gasteiger partial charge on any atom is 0.00388 e. The van der Waals surface area contributed by atoms with Gasteiger partial charge in [0, 0.05) is 27.1 Å². The van der Waals surface area contributed by atoms with Gasteiger partial charge in [0.15, 0.2) is 0 Å². The van der Waals surface area contributed by atoms with Gasteiger partial charge >= 0.3 is 0 Å². The summed E-state index contributed by atoms with van der Waals surface area (Å²) in [5.41, 5.74) is 5.63. The molecule has 1 fully saturated rings. The molecule has 0 spiro atoms. The van der Waals surface area contributed by atoms with Crippen molar-refractivity contribution in [2.45, 2.75) is 38.1 Å². The third kappa shape index (κ3) is 19.5. The summed E-state index contributed by atoms with van der Waals surface area (Å²) in [6.07, 6.45) is 6.66. The van der Waals surface area contributed by atoms with Gasteiger partial charge in [0.05, 0.1) is 0 Å². The Hall–Kier alpha value is 1.11. The number of nitrogens with two attached hydrogens (primary N) is 1. The van der Waals surface area contributed by atoms with Crippen LogP contribution in [-0.4, -0.2) is 17.0 Å². The van der Waals surface area contributed by atoms with E-state index in [4.69, 9.17) is 5.73 Å². The summed E-state index contributed by atoms with van der Waals surface area (Å²) < 4.78 is 0. The third-order valence-electron chi connectivity index (χ3n) is 1.65. The number of halogens is 2. The summed E-state index contributed by atoms with van der Waals surface area (Å²) >= 11 is 0. The van der Waals surface area contributed by atoms with Crippen LogP contribution in [0.25, 0.3) is 0 Å². The average Bonchev–Trinajstić information content (AvgIpc) is 1.69. The predicted octanol–water partition coefficient (Wildman–Crippen LogP) is -4.91. The van der Waals surface area contributed by atoms with Crippen LogP contribution in [0.4, 0.5) is 0 Å². The average molecular weight is 416 g/mol. The molecule has 1 rings (SSSR count). The molecule has 0 aromatic carbocycles. The van der Waals surface area contributed by atoms with Crippen LogP contribution in [0.2, 0.25) is 0 Å². The van der Waals surface area contributed by atoms with Crippen LogP contribution in [0.1, 0.15) is 32.1 Å². The Balaban J connectivity index is -0.0000000204. The van der Waals surface area contributed by atoms with Gasteiger partial charge in [0.1, 0.15) is 0 Å². The molecule has 92 valence electrons. The molecule has 0 amide bonds. The molecule has 1 aliphatic carbocycles. The Labute approximate surface area is 107 Å². The fourth-order valence-corrected chi connectivity index (χ4v) is 1.13. The van der Waals surface area contributed by atoms with Crippen molar-refractivity contribution in [2.24, 2.45) is 5.73 Å². The molecule has 0 radical (unpaired) electrons. The van der Waals surface area contributed by atoms with E-state index in [1.54, 1.807) is 0 Å². The van der Waals surface area contributed by atoms with E-state index in [-0.39, 0.29) is 63.0 Å². The molecule has 0 heterocycles. The molecule has 1 saturated carbocycles. The summed E-state index contributed by atoms with van der Waals surface area (Å²) in [5.74, 6) is 0. The molecule has 0 saturated heterocycles. The molecule has 7 heteroatoms. The summed E-state index contributed by atoms with van der Waals surface area (Å²) in [5, 5.41) is 0. The normalized spacial score (nSPS) is 13.6. The molecular weight excluding hydrogens is 398 g/mol. The van der Waals surface area contributed by atoms with Gasteiger partial charge in [-0.3, -0.25) is 0 Å². The molecule has 0 bridgehead atoms. The van der Waals surface area contributed by atoms with Gasteiger partial charge in [-0.1, -0.05) is 19.3 Å². The first-order valence-electron chi connectivity index (χ1n) is 3.15. The van der Waals surface area contributed by atoms with Crippen molar-refractivity contribution >= 4 is 0 Å². The Kier molecular flexibility index (Phi) is 65.7. The summed E-state index contributed by atoms with van der Waals surface area (Å²) in [6, 6.07) is 0.536. The molecule has 4 nitrogen and oxygen atoms in total. The topological polar surface area (TPSA) is 121 Å². The quantitative estimate of drug-likeness (QED) is 0.411. The van der Waals surface area contributed by atoms with E-state index in [2.05, 4.69) is 0 Å². The Morgan fingerprint density at radius 3 is 1.31 bits per heavy atom. The largest absolute Gasteiger partial charge is 1.00 e. The zero-order chi connectivity index (χ0) is 5.11. The van der Waals surface area contributed by atoms with E-state index >= 15 is 0 Å². The summed E-state index contributed by atoms with van der Waals surface area (Å²) in [4.78, 5) is 0. The van der Waals surface area contributed by atoms with Crippen LogP contribution >= 0.6 is 0 Å². The first-order chi connectivity index (χ1) is 3.39. The first-order valence-corrected chi connectivity index (χ1v) is 3.15. The van der Waals surface area contributed by atoms with E-state index in [0.717, 1.165) is 0 Å². The SMILES string of the molecule is N.NC1CCCCC1.[Cl-].[Cl-].[OH-].[OH-].[Pt]. The van der Waals surface area contributed by atoms with E-state index in [9.17, 15) is 0 Å². The molecular formula is C6H18Cl2N2O2Pt-4. The van der Waals surface area contributed by atoms with Crippen LogP contribution in [0.15, 0.2) is 0 Å². The zero-order valence-corrected chi connectivity index (χ0v) is 11.1. The minimum Gasteiger partial charge on any atom is -1.00 e. The Bertz CT molecular complexity index is 68.6. The van der Waals surface area contributed by atoms with Crippen LogP contribution in [0.5, 0.6) is 0 Å². The molecule has 1 aliphatic rings. The van der Waals surface area contributed by atoms with Gasteiger partial charge in [0.2, 0.25) is 0 Å². The van der Waals surface area contributed by atoms with Crippen molar-refractivity contribution in [3.05, 3.63) is 0 Å². The summed E-state index contributed by atoms with van der Waals surface area (Å²) in [7, 11) is 0. The fraction of sp³-hybridized carbons (Fsp3) is 1.00. The van der Waals surface area contributed by atoms with Crippen molar-refractivity contribution in [2.75, 3.05) is 0 Å². The van der Waals surface area contributed by atoms with E-state index in [0.29, 0.717) is 6.04 Å². The van der Waals surface area contributed by atoms with Crippen LogP contribution in [-0.2, 0) is 21.1 Å². The number of hydrogen-bond donors (Lipinski definition) is 2. The molecule has 0 aromatic heterocycles. The molecule has 0 aromatic rings. The van der Waals surface area contributed by atoms with Gasteiger partial charge in [-0.2, -0.15) is 0 Å². The minimum atomic E-state index is 0. The second-order valence-corrected chi connectivity index (χ2v) is 2.40. The van der Waals surface area contributed by atoms with E-state index in [1.807, 2.05) is 0 Å². The first kappa shape index (κ1) is 36.9. The molecule has 0 unspecified atom stereocenters. The van der Waals surface area contributed by atoms with Gasteiger partial charge in [-0.05, 0) is 12.8 Å². The van der Waals surface area contributed by atoms with Crippen molar-refractivity contribution < 1.29 is 56.8 Å². The fourth-order valence-electron chi connectivity index (χ4n) is 1.13. The van der Waals surface area contributed by atoms with Gasteiger partial charge in [-0.15, -0.1) is 0 Å².